The van der Waals surface area contributed by atoms with E-state index in [9.17, 15) is 13.2 Å². The van der Waals surface area contributed by atoms with E-state index in [0.717, 1.165) is 21.9 Å². The zero-order valence-electron chi connectivity index (χ0n) is 19.3. The minimum absolute atomic E-state index is 0.107. The minimum atomic E-state index is -3.84. The molecule has 1 aliphatic heterocycles. The molecule has 1 amide bonds. The van der Waals surface area contributed by atoms with E-state index in [2.05, 4.69) is 34.3 Å². The maximum atomic E-state index is 13.1. The summed E-state index contributed by atoms with van der Waals surface area (Å²) in [5.41, 5.74) is 2.44. The summed E-state index contributed by atoms with van der Waals surface area (Å²) in [7, 11) is -2.40. The fourth-order valence-corrected chi connectivity index (χ4v) is 5.13. The molecule has 0 radical (unpaired) electrons. The normalized spacial score (nSPS) is 15.9. The molecule has 0 unspecified atom stereocenters. The van der Waals surface area contributed by atoms with Gasteiger partial charge in [0.05, 0.1) is 23.0 Å². The number of rotatable bonds is 7. The maximum Gasteiger partial charge on any atom is 0.243 e. The average Bonchev–Trinajstić information content (AvgIpc) is 3.27. The van der Waals surface area contributed by atoms with Crippen molar-refractivity contribution in [3.63, 3.8) is 0 Å². The Hall–Kier alpha value is -2.98. The Kier molecular flexibility index (Phi) is 6.66. The van der Waals surface area contributed by atoms with Gasteiger partial charge in [0, 0.05) is 38.9 Å². The molecule has 2 aromatic carbocycles. The highest BCUT2D eigenvalue weighted by molar-refractivity contribution is 7.89. The van der Waals surface area contributed by atoms with E-state index in [4.69, 9.17) is 0 Å². The van der Waals surface area contributed by atoms with Crippen molar-refractivity contribution in [1.82, 2.24) is 24.2 Å². The number of carbonyl (C=O) groups excluding carboxylic acids is 1. The van der Waals surface area contributed by atoms with Crippen LogP contribution in [-0.4, -0.2) is 78.3 Å². The van der Waals surface area contributed by atoms with Crippen molar-refractivity contribution in [2.75, 3.05) is 44.7 Å². The quantitative estimate of drug-likeness (QED) is 0.527. The Morgan fingerprint density at radius 2 is 1.79 bits per heavy atom. The van der Waals surface area contributed by atoms with Crippen molar-refractivity contribution in [3.05, 3.63) is 48.5 Å². The van der Waals surface area contributed by atoms with Gasteiger partial charge >= 0.3 is 0 Å². The molecule has 2 heterocycles. The Balaban J connectivity index is 1.41. The first-order chi connectivity index (χ1) is 15.8. The molecular weight excluding hydrogens is 440 g/mol. The van der Waals surface area contributed by atoms with Crippen LogP contribution in [0.5, 0.6) is 0 Å². The molecule has 0 spiro atoms. The monoisotopic (exact) mass is 470 g/mol. The van der Waals surface area contributed by atoms with Crippen LogP contribution in [0.4, 0.5) is 5.69 Å². The van der Waals surface area contributed by atoms with Crippen LogP contribution < -0.4 is 4.90 Å². The van der Waals surface area contributed by atoms with Crippen LogP contribution in [0.2, 0.25) is 0 Å². The number of likely N-dealkylation sites (N-methyl/N-ethyl adjacent to an activating group) is 1. The Morgan fingerprint density at radius 3 is 2.45 bits per heavy atom. The number of benzene rings is 2. The molecule has 0 aliphatic carbocycles. The first kappa shape index (κ1) is 23.2. The van der Waals surface area contributed by atoms with E-state index in [1.165, 1.54) is 13.1 Å². The summed E-state index contributed by atoms with van der Waals surface area (Å²) in [6.07, 6.45) is 0.892. The zero-order chi connectivity index (χ0) is 23.6. The summed E-state index contributed by atoms with van der Waals surface area (Å²) in [6.45, 7) is 6.45. The van der Waals surface area contributed by atoms with E-state index >= 15 is 0 Å². The maximum absolute atomic E-state index is 13.1. The van der Waals surface area contributed by atoms with E-state index in [0.29, 0.717) is 31.7 Å². The lowest BCUT2D eigenvalue weighted by Gasteiger charge is -2.36. The number of hydrogen-bond donors (Lipinski definition) is 0. The molecule has 0 saturated carbocycles. The van der Waals surface area contributed by atoms with Gasteiger partial charge < -0.3 is 9.80 Å². The van der Waals surface area contributed by atoms with Gasteiger partial charge in [-0.05, 0) is 43.7 Å². The summed E-state index contributed by atoms with van der Waals surface area (Å²) in [5, 5.41) is 8.30. The number of fused-ring (bicyclic) bond motifs is 1. The van der Waals surface area contributed by atoms with Crippen molar-refractivity contribution in [3.8, 4) is 0 Å². The van der Waals surface area contributed by atoms with Crippen LogP contribution in [0, 0.1) is 0 Å². The highest BCUT2D eigenvalue weighted by Gasteiger charge is 2.28. The lowest BCUT2D eigenvalue weighted by Crippen LogP contribution is -2.51. The number of piperazine rings is 1. The van der Waals surface area contributed by atoms with Crippen molar-refractivity contribution in [2.24, 2.45) is 0 Å². The highest BCUT2D eigenvalue weighted by atomic mass is 32.2. The van der Waals surface area contributed by atoms with Gasteiger partial charge in [0.2, 0.25) is 15.9 Å². The third-order valence-electron chi connectivity index (χ3n) is 6.27. The first-order valence-electron chi connectivity index (χ1n) is 11.2. The average molecular weight is 471 g/mol. The topological polar surface area (TPSA) is 91.6 Å². The third-order valence-corrected chi connectivity index (χ3v) is 8.07. The predicted octanol–water partition coefficient (Wildman–Crippen LogP) is 2.37. The molecule has 9 nitrogen and oxygen atoms in total. The van der Waals surface area contributed by atoms with Gasteiger partial charge in [0.15, 0.2) is 0 Å². The summed E-state index contributed by atoms with van der Waals surface area (Å²) in [6, 6.07) is 15.0. The smallest absolute Gasteiger partial charge is 0.243 e. The number of para-hydroxylation sites is 1. The molecular formula is C23H30N6O3S. The number of sulfonamides is 1. The van der Waals surface area contributed by atoms with Crippen LogP contribution in [-0.2, 0) is 14.8 Å². The van der Waals surface area contributed by atoms with Gasteiger partial charge in [-0.3, -0.25) is 4.79 Å². The van der Waals surface area contributed by atoms with Gasteiger partial charge in [0.1, 0.15) is 5.52 Å². The van der Waals surface area contributed by atoms with Crippen LogP contribution >= 0.6 is 0 Å². The van der Waals surface area contributed by atoms with E-state index < -0.39 is 10.0 Å². The van der Waals surface area contributed by atoms with Crippen LogP contribution in [0.1, 0.15) is 26.3 Å². The molecule has 0 bridgehead atoms. The van der Waals surface area contributed by atoms with Crippen molar-refractivity contribution < 1.29 is 13.2 Å². The van der Waals surface area contributed by atoms with Crippen LogP contribution in [0.3, 0.4) is 0 Å². The SMILES string of the molecule is CC[C@@H](C)n1nnc2cc(S(=O)(=O)N(C)CC(=O)N3CCN(c4ccccc4)CC3)ccc21. The van der Waals surface area contributed by atoms with Crippen LogP contribution in [0.15, 0.2) is 53.4 Å². The molecule has 33 heavy (non-hydrogen) atoms. The second kappa shape index (κ2) is 9.48. The molecule has 1 aliphatic rings. The third kappa shape index (κ3) is 4.72. The molecule has 3 aromatic rings. The summed E-state index contributed by atoms with van der Waals surface area (Å²) in [5.74, 6) is -0.197. The Bertz CT molecular complexity index is 1220. The molecule has 10 heteroatoms. The van der Waals surface area contributed by atoms with Crippen molar-refractivity contribution >= 4 is 32.7 Å². The molecule has 1 fully saturated rings. The van der Waals surface area contributed by atoms with Crippen molar-refractivity contribution in [1.29, 1.82) is 0 Å². The number of anilines is 1. The van der Waals surface area contributed by atoms with Gasteiger partial charge in [-0.25, -0.2) is 13.1 Å². The molecule has 0 N–H and O–H groups in total. The molecule has 4 rings (SSSR count). The number of aromatic nitrogens is 3. The van der Waals surface area contributed by atoms with E-state index in [-0.39, 0.29) is 23.4 Å². The second-order valence-corrected chi connectivity index (χ2v) is 10.5. The highest BCUT2D eigenvalue weighted by Crippen LogP contribution is 2.23. The second-order valence-electron chi connectivity index (χ2n) is 8.41. The number of amides is 1. The minimum Gasteiger partial charge on any atom is -0.368 e. The standard InChI is InChI=1S/C23H30N6O3S/c1-4-18(2)29-22-11-10-20(16-21(22)24-25-29)33(31,32)26(3)17-23(30)28-14-12-27(13-15-28)19-8-6-5-7-9-19/h5-11,16,18H,4,12-15,17H2,1-3H3/t18-/m1/s1. The van der Waals surface area contributed by atoms with Crippen molar-refractivity contribution in [2.45, 2.75) is 31.2 Å². The Morgan fingerprint density at radius 1 is 1.09 bits per heavy atom. The number of nitrogens with zero attached hydrogens (tertiary/aromatic N) is 6. The largest absolute Gasteiger partial charge is 0.368 e. The first-order valence-corrected chi connectivity index (χ1v) is 12.6. The van der Waals surface area contributed by atoms with E-state index in [1.807, 2.05) is 25.1 Å². The Labute approximate surface area is 194 Å². The van der Waals surface area contributed by atoms with Gasteiger partial charge in [-0.15, -0.1) is 5.10 Å². The number of hydrogen-bond acceptors (Lipinski definition) is 6. The molecule has 1 atom stereocenters. The molecule has 176 valence electrons. The summed E-state index contributed by atoms with van der Waals surface area (Å²) < 4.78 is 29.1. The predicted molar refractivity (Wildman–Crippen MR) is 128 cm³/mol. The lowest BCUT2D eigenvalue weighted by atomic mass is 10.2. The fourth-order valence-electron chi connectivity index (χ4n) is 3.99. The fraction of sp³-hybridized carbons (Fsp3) is 0.435. The van der Waals surface area contributed by atoms with Gasteiger partial charge in [-0.2, -0.15) is 4.31 Å². The van der Waals surface area contributed by atoms with Gasteiger partial charge in [0.25, 0.3) is 0 Å². The van der Waals surface area contributed by atoms with Crippen LogP contribution in [0.25, 0.3) is 11.0 Å². The molecule has 1 aromatic heterocycles. The van der Waals surface area contributed by atoms with Gasteiger partial charge in [-0.1, -0.05) is 30.3 Å². The summed E-state index contributed by atoms with van der Waals surface area (Å²) in [4.78, 5) is 16.9. The summed E-state index contributed by atoms with van der Waals surface area (Å²) >= 11 is 0. The number of carbonyl (C=O) groups is 1. The zero-order valence-corrected chi connectivity index (χ0v) is 20.1. The molecule has 1 saturated heterocycles. The van der Waals surface area contributed by atoms with E-state index in [1.54, 1.807) is 21.7 Å². The lowest BCUT2D eigenvalue weighted by molar-refractivity contribution is -0.131.